The first-order valence-electron chi connectivity index (χ1n) is 10.6. The van der Waals surface area contributed by atoms with Gasteiger partial charge in [-0.1, -0.05) is 43.5 Å². The zero-order valence-corrected chi connectivity index (χ0v) is 18.2. The Morgan fingerprint density at radius 2 is 2.10 bits per heavy atom. The third-order valence-corrected chi connectivity index (χ3v) is 5.89. The number of hydrogen-bond donors (Lipinski definition) is 1. The number of rotatable bonds is 6. The van der Waals surface area contributed by atoms with Crippen molar-refractivity contribution in [3.8, 4) is 11.4 Å². The van der Waals surface area contributed by atoms with E-state index in [2.05, 4.69) is 32.1 Å². The predicted molar refractivity (Wildman–Crippen MR) is 118 cm³/mol. The van der Waals surface area contributed by atoms with Crippen molar-refractivity contribution in [2.24, 2.45) is 0 Å². The molecule has 0 aliphatic carbocycles. The van der Waals surface area contributed by atoms with Crippen molar-refractivity contribution in [1.29, 1.82) is 0 Å². The van der Waals surface area contributed by atoms with Crippen molar-refractivity contribution >= 4 is 23.2 Å². The number of benzene rings is 1. The van der Waals surface area contributed by atoms with Crippen LogP contribution in [0.2, 0.25) is 5.15 Å². The molecule has 4 rings (SSSR count). The van der Waals surface area contributed by atoms with Crippen molar-refractivity contribution in [3.05, 3.63) is 46.5 Å². The molecule has 0 bridgehead atoms. The van der Waals surface area contributed by atoms with Crippen molar-refractivity contribution in [2.45, 2.75) is 65.5 Å². The second kappa shape index (κ2) is 9.00. The summed E-state index contributed by atoms with van der Waals surface area (Å²) in [5.41, 5.74) is 2.69. The SMILES string of the molecule is CCCCn1nc(C)c(C(=O)Nc2cccc(-c3nnc4n3CCCCC4)c2)c1Cl. The number of unbranched alkanes of at least 4 members (excludes halogenated alkanes) is 1. The van der Waals surface area contributed by atoms with Gasteiger partial charge in [0.1, 0.15) is 11.0 Å². The van der Waals surface area contributed by atoms with E-state index in [4.69, 9.17) is 11.6 Å². The lowest BCUT2D eigenvalue weighted by molar-refractivity contribution is 0.102. The summed E-state index contributed by atoms with van der Waals surface area (Å²) in [6.07, 6.45) is 6.46. The van der Waals surface area contributed by atoms with Crippen LogP contribution < -0.4 is 5.32 Å². The van der Waals surface area contributed by atoms with Crippen molar-refractivity contribution < 1.29 is 4.79 Å². The van der Waals surface area contributed by atoms with E-state index >= 15 is 0 Å². The van der Waals surface area contributed by atoms with Gasteiger partial charge in [-0.25, -0.2) is 0 Å². The highest BCUT2D eigenvalue weighted by atomic mass is 35.5. The molecule has 0 unspecified atom stereocenters. The fourth-order valence-corrected chi connectivity index (χ4v) is 4.24. The minimum Gasteiger partial charge on any atom is -0.322 e. The second-order valence-electron chi connectivity index (χ2n) is 7.76. The standard InChI is InChI=1S/C22H27ClN6O/c1-3-4-13-29-20(23)19(15(2)27-29)22(30)24-17-10-8-9-16(14-17)21-26-25-18-11-6-5-7-12-28(18)21/h8-10,14H,3-7,11-13H2,1-2H3,(H,24,30). The first-order valence-corrected chi connectivity index (χ1v) is 11.0. The molecule has 0 atom stereocenters. The van der Waals surface area contributed by atoms with E-state index in [0.717, 1.165) is 55.9 Å². The number of carbonyl (C=O) groups is 1. The van der Waals surface area contributed by atoms with Gasteiger partial charge < -0.3 is 9.88 Å². The van der Waals surface area contributed by atoms with Gasteiger partial charge in [0.2, 0.25) is 0 Å². The van der Waals surface area contributed by atoms with Gasteiger partial charge >= 0.3 is 0 Å². The molecule has 1 aromatic carbocycles. The molecule has 0 spiro atoms. The molecule has 2 aromatic heterocycles. The van der Waals surface area contributed by atoms with Crippen molar-refractivity contribution in [1.82, 2.24) is 24.5 Å². The van der Waals surface area contributed by atoms with Crippen LogP contribution in [0.25, 0.3) is 11.4 Å². The van der Waals surface area contributed by atoms with Crippen LogP contribution in [0, 0.1) is 6.92 Å². The van der Waals surface area contributed by atoms with Crippen molar-refractivity contribution in [2.75, 3.05) is 5.32 Å². The zero-order valence-electron chi connectivity index (χ0n) is 17.5. The van der Waals surface area contributed by atoms with Crippen LogP contribution in [0.1, 0.15) is 60.9 Å². The summed E-state index contributed by atoms with van der Waals surface area (Å²) in [6.45, 7) is 5.56. The van der Waals surface area contributed by atoms with E-state index < -0.39 is 0 Å². The summed E-state index contributed by atoms with van der Waals surface area (Å²) < 4.78 is 3.91. The van der Waals surface area contributed by atoms with Gasteiger partial charge in [0, 0.05) is 30.8 Å². The Labute approximate surface area is 181 Å². The van der Waals surface area contributed by atoms with E-state index in [1.165, 1.54) is 6.42 Å². The van der Waals surface area contributed by atoms with Gasteiger partial charge in [0.25, 0.3) is 5.91 Å². The fourth-order valence-electron chi connectivity index (χ4n) is 3.90. The third kappa shape index (κ3) is 4.12. The summed E-state index contributed by atoms with van der Waals surface area (Å²) in [6, 6.07) is 7.72. The van der Waals surface area contributed by atoms with Gasteiger partial charge in [0.05, 0.1) is 11.3 Å². The van der Waals surface area contributed by atoms with E-state index in [0.29, 0.717) is 28.6 Å². The summed E-state index contributed by atoms with van der Waals surface area (Å²) >= 11 is 6.45. The minimum absolute atomic E-state index is 0.252. The average molecular weight is 427 g/mol. The Kier molecular flexibility index (Phi) is 6.18. The fraction of sp³-hybridized carbons (Fsp3) is 0.455. The lowest BCUT2D eigenvalue weighted by Crippen LogP contribution is -2.13. The molecule has 1 N–H and O–H groups in total. The first-order chi connectivity index (χ1) is 14.6. The van der Waals surface area contributed by atoms with E-state index in [1.807, 2.05) is 31.2 Å². The van der Waals surface area contributed by atoms with E-state index in [9.17, 15) is 4.79 Å². The number of anilines is 1. The molecule has 1 amide bonds. The van der Waals surface area contributed by atoms with Gasteiger partial charge in [0.15, 0.2) is 5.82 Å². The molecular formula is C22H27ClN6O. The Morgan fingerprint density at radius 3 is 2.93 bits per heavy atom. The molecule has 158 valence electrons. The highest BCUT2D eigenvalue weighted by Gasteiger charge is 2.21. The minimum atomic E-state index is -0.252. The number of fused-ring (bicyclic) bond motifs is 1. The first kappa shape index (κ1) is 20.6. The highest BCUT2D eigenvalue weighted by Crippen LogP contribution is 2.26. The molecule has 3 heterocycles. The Balaban J connectivity index is 1.57. The van der Waals surface area contributed by atoms with Crippen LogP contribution >= 0.6 is 11.6 Å². The number of amides is 1. The van der Waals surface area contributed by atoms with Crippen LogP contribution in [0.3, 0.4) is 0 Å². The van der Waals surface area contributed by atoms with Crippen LogP contribution in [0.15, 0.2) is 24.3 Å². The number of carbonyl (C=O) groups excluding carboxylic acids is 1. The van der Waals surface area contributed by atoms with Gasteiger partial charge in [-0.2, -0.15) is 5.10 Å². The van der Waals surface area contributed by atoms with E-state index in [1.54, 1.807) is 4.68 Å². The number of aryl methyl sites for hydroxylation is 3. The number of halogens is 1. The third-order valence-electron chi connectivity index (χ3n) is 5.50. The van der Waals surface area contributed by atoms with Crippen LogP contribution in [-0.4, -0.2) is 30.5 Å². The molecule has 1 aliphatic rings. The number of aromatic nitrogens is 5. The largest absolute Gasteiger partial charge is 0.322 e. The second-order valence-corrected chi connectivity index (χ2v) is 8.12. The molecule has 3 aromatic rings. The van der Waals surface area contributed by atoms with Gasteiger partial charge in [-0.15, -0.1) is 10.2 Å². The summed E-state index contributed by atoms with van der Waals surface area (Å²) in [7, 11) is 0. The number of hydrogen-bond acceptors (Lipinski definition) is 4. The lowest BCUT2D eigenvalue weighted by Gasteiger charge is -2.09. The van der Waals surface area contributed by atoms with Gasteiger partial charge in [-0.3, -0.25) is 9.48 Å². The maximum atomic E-state index is 12.9. The molecule has 0 radical (unpaired) electrons. The molecule has 7 nitrogen and oxygen atoms in total. The maximum Gasteiger partial charge on any atom is 0.260 e. The summed E-state index contributed by atoms with van der Waals surface area (Å²) in [5.74, 6) is 1.64. The van der Waals surface area contributed by atoms with Crippen LogP contribution in [0.5, 0.6) is 0 Å². The molecular weight excluding hydrogens is 400 g/mol. The Bertz CT molecular complexity index is 1050. The normalized spacial score (nSPS) is 13.7. The predicted octanol–water partition coefficient (Wildman–Crippen LogP) is 4.88. The quantitative estimate of drug-likeness (QED) is 0.609. The Morgan fingerprint density at radius 1 is 1.23 bits per heavy atom. The maximum absolute atomic E-state index is 12.9. The molecule has 8 heteroatoms. The van der Waals surface area contributed by atoms with Gasteiger partial charge in [-0.05, 0) is 38.3 Å². The Hall–Kier alpha value is -2.67. The molecule has 30 heavy (non-hydrogen) atoms. The molecule has 0 saturated heterocycles. The number of nitrogens with one attached hydrogen (secondary N) is 1. The topological polar surface area (TPSA) is 77.6 Å². The van der Waals surface area contributed by atoms with E-state index in [-0.39, 0.29) is 5.91 Å². The molecule has 1 aliphatic heterocycles. The molecule has 0 fully saturated rings. The van der Waals surface area contributed by atoms with Crippen LogP contribution in [0.4, 0.5) is 5.69 Å². The highest BCUT2D eigenvalue weighted by molar-refractivity contribution is 6.33. The van der Waals surface area contributed by atoms with Crippen molar-refractivity contribution in [3.63, 3.8) is 0 Å². The summed E-state index contributed by atoms with van der Waals surface area (Å²) in [5, 5.41) is 16.6. The summed E-state index contributed by atoms with van der Waals surface area (Å²) in [4.78, 5) is 12.9. The smallest absolute Gasteiger partial charge is 0.260 e. The zero-order chi connectivity index (χ0) is 21.1. The monoisotopic (exact) mass is 426 g/mol. The average Bonchev–Trinajstić information content (AvgIpc) is 3.16. The molecule has 0 saturated carbocycles. The van der Waals surface area contributed by atoms with Crippen LogP contribution in [-0.2, 0) is 19.5 Å². The lowest BCUT2D eigenvalue weighted by atomic mass is 10.1. The number of nitrogens with zero attached hydrogens (tertiary/aromatic N) is 5.